The fourth-order valence-electron chi connectivity index (χ4n) is 1.86. The van der Waals surface area contributed by atoms with Crippen LogP contribution in [0.25, 0.3) is 0 Å². The number of hydrogen-bond donors (Lipinski definition) is 2. The lowest BCUT2D eigenvalue weighted by Crippen LogP contribution is -2.11. The molecule has 0 fully saturated rings. The van der Waals surface area contributed by atoms with E-state index in [0.717, 1.165) is 16.9 Å². The Bertz CT molecular complexity index is 482. The maximum absolute atomic E-state index is 8.86. The molecule has 2 aromatic carbocycles. The van der Waals surface area contributed by atoms with E-state index in [1.165, 1.54) is 0 Å². The lowest BCUT2D eigenvalue weighted by atomic mass is 10.1. The maximum atomic E-state index is 8.86. The van der Waals surface area contributed by atoms with E-state index in [1.807, 2.05) is 54.6 Å². The standard InChI is InChI=1S/C16H19NO2/c17-16(10-11-18)14-6-8-15(9-7-14)19-12-13-4-2-1-3-5-13/h1-9,16,18H,10-12,17H2/t16-/m0/s1. The first-order valence-corrected chi connectivity index (χ1v) is 6.42. The molecule has 100 valence electrons. The molecule has 0 aliphatic rings. The van der Waals surface area contributed by atoms with Gasteiger partial charge in [0.2, 0.25) is 0 Å². The largest absolute Gasteiger partial charge is 0.489 e. The predicted octanol–water partition coefficient (Wildman–Crippen LogP) is 2.65. The fourth-order valence-corrected chi connectivity index (χ4v) is 1.86. The second-order valence-electron chi connectivity index (χ2n) is 4.46. The zero-order chi connectivity index (χ0) is 13.5. The van der Waals surface area contributed by atoms with Crippen molar-refractivity contribution in [2.24, 2.45) is 5.73 Å². The average molecular weight is 257 g/mol. The molecule has 0 spiro atoms. The van der Waals surface area contributed by atoms with Gasteiger partial charge in [0.25, 0.3) is 0 Å². The van der Waals surface area contributed by atoms with Crippen LogP contribution in [0.3, 0.4) is 0 Å². The van der Waals surface area contributed by atoms with Gasteiger partial charge in [-0.2, -0.15) is 0 Å². The Kier molecular flexibility index (Phi) is 4.95. The van der Waals surface area contributed by atoms with Gasteiger partial charge in [-0.15, -0.1) is 0 Å². The van der Waals surface area contributed by atoms with E-state index in [2.05, 4.69) is 0 Å². The second-order valence-corrected chi connectivity index (χ2v) is 4.46. The number of nitrogens with two attached hydrogens (primary N) is 1. The first-order valence-electron chi connectivity index (χ1n) is 6.42. The summed E-state index contributed by atoms with van der Waals surface area (Å²) >= 11 is 0. The van der Waals surface area contributed by atoms with Crippen LogP contribution in [0.4, 0.5) is 0 Å². The van der Waals surface area contributed by atoms with Gasteiger partial charge in [0.05, 0.1) is 0 Å². The number of aliphatic hydroxyl groups is 1. The molecule has 0 aliphatic carbocycles. The highest BCUT2D eigenvalue weighted by atomic mass is 16.5. The number of benzene rings is 2. The molecule has 0 amide bonds. The Labute approximate surface area is 113 Å². The molecule has 0 unspecified atom stereocenters. The number of rotatable bonds is 6. The highest BCUT2D eigenvalue weighted by molar-refractivity contribution is 5.29. The summed E-state index contributed by atoms with van der Waals surface area (Å²) in [5.74, 6) is 0.823. The highest BCUT2D eigenvalue weighted by Crippen LogP contribution is 2.19. The molecule has 0 bridgehead atoms. The minimum atomic E-state index is -0.117. The van der Waals surface area contributed by atoms with Gasteiger partial charge in [0.1, 0.15) is 12.4 Å². The zero-order valence-electron chi connectivity index (χ0n) is 10.8. The molecular formula is C16H19NO2. The van der Waals surface area contributed by atoms with Gasteiger partial charge in [-0.25, -0.2) is 0 Å². The minimum absolute atomic E-state index is 0.105. The number of hydrogen-bond acceptors (Lipinski definition) is 3. The molecule has 0 heterocycles. The van der Waals surface area contributed by atoms with Crippen LogP contribution in [-0.2, 0) is 6.61 Å². The molecule has 0 aromatic heterocycles. The van der Waals surface area contributed by atoms with E-state index in [4.69, 9.17) is 15.6 Å². The molecule has 2 rings (SSSR count). The third kappa shape index (κ3) is 4.09. The topological polar surface area (TPSA) is 55.5 Å². The van der Waals surface area contributed by atoms with E-state index in [9.17, 15) is 0 Å². The molecule has 0 saturated heterocycles. The molecule has 0 aliphatic heterocycles. The Morgan fingerprint density at radius 1 is 1.00 bits per heavy atom. The predicted molar refractivity (Wildman–Crippen MR) is 75.8 cm³/mol. The summed E-state index contributed by atoms with van der Waals surface area (Å²) in [6, 6.07) is 17.6. The number of ether oxygens (including phenoxy) is 1. The van der Waals surface area contributed by atoms with Crippen molar-refractivity contribution in [3.8, 4) is 5.75 Å². The highest BCUT2D eigenvalue weighted by Gasteiger charge is 2.05. The van der Waals surface area contributed by atoms with E-state index in [0.29, 0.717) is 13.0 Å². The van der Waals surface area contributed by atoms with Crippen molar-refractivity contribution < 1.29 is 9.84 Å². The van der Waals surface area contributed by atoms with Crippen LogP contribution in [0.5, 0.6) is 5.75 Å². The molecule has 0 radical (unpaired) electrons. The molecule has 19 heavy (non-hydrogen) atoms. The summed E-state index contributed by atoms with van der Waals surface area (Å²) < 4.78 is 5.70. The minimum Gasteiger partial charge on any atom is -0.489 e. The van der Waals surface area contributed by atoms with Gasteiger partial charge in [-0.05, 0) is 29.7 Å². The van der Waals surface area contributed by atoms with Gasteiger partial charge in [-0.1, -0.05) is 42.5 Å². The molecule has 3 heteroatoms. The summed E-state index contributed by atoms with van der Waals surface area (Å²) in [4.78, 5) is 0. The Balaban J connectivity index is 1.92. The molecular weight excluding hydrogens is 238 g/mol. The van der Waals surface area contributed by atoms with Crippen molar-refractivity contribution >= 4 is 0 Å². The molecule has 2 aromatic rings. The maximum Gasteiger partial charge on any atom is 0.119 e. The van der Waals surface area contributed by atoms with Crippen LogP contribution in [0, 0.1) is 0 Å². The van der Waals surface area contributed by atoms with Crippen LogP contribution < -0.4 is 10.5 Å². The van der Waals surface area contributed by atoms with Gasteiger partial charge in [-0.3, -0.25) is 0 Å². The third-order valence-corrected chi connectivity index (χ3v) is 3.00. The summed E-state index contributed by atoms with van der Waals surface area (Å²) in [7, 11) is 0. The molecule has 0 saturated carbocycles. The summed E-state index contributed by atoms with van der Waals surface area (Å²) in [6.07, 6.45) is 0.574. The molecule has 3 N–H and O–H groups in total. The van der Waals surface area contributed by atoms with E-state index < -0.39 is 0 Å². The zero-order valence-corrected chi connectivity index (χ0v) is 10.8. The molecule has 1 atom stereocenters. The van der Waals surface area contributed by atoms with E-state index in [-0.39, 0.29) is 12.6 Å². The fraction of sp³-hybridized carbons (Fsp3) is 0.250. The quantitative estimate of drug-likeness (QED) is 0.836. The first-order chi connectivity index (χ1) is 9.29. The average Bonchev–Trinajstić information content (AvgIpc) is 2.47. The smallest absolute Gasteiger partial charge is 0.119 e. The van der Waals surface area contributed by atoms with E-state index in [1.54, 1.807) is 0 Å². The monoisotopic (exact) mass is 257 g/mol. The van der Waals surface area contributed by atoms with Gasteiger partial charge in [0.15, 0.2) is 0 Å². The van der Waals surface area contributed by atoms with Crippen molar-refractivity contribution in [2.45, 2.75) is 19.1 Å². The van der Waals surface area contributed by atoms with Crippen molar-refractivity contribution in [3.05, 3.63) is 65.7 Å². The van der Waals surface area contributed by atoms with Crippen molar-refractivity contribution in [1.29, 1.82) is 0 Å². The van der Waals surface area contributed by atoms with Crippen molar-refractivity contribution in [2.75, 3.05) is 6.61 Å². The Morgan fingerprint density at radius 3 is 2.32 bits per heavy atom. The third-order valence-electron chi connectivity index (χ3n) is 3.00. The Morgan fingerprint density at radius 2 is 1.68 bits per heavy atom. The summed E-state index contributed by atoms with van der Waals surface area (Å²) in [6.45, 7) is 0.663. The SMILES string of the molecule is N[C@@H](CCO)c1ccc(OCc2ccccc2)cc1. The second kappa shape index (κ2) is 6.92. The van der Waals surface area contributed by atoms with Crippen LogP contribution >= 0.6 is 0 Å². The molecule has 3 nitrogen and oxygen atoms in total. The van der Waals surface area contributed by atoms with Gasteiger partial charge < -0.3 is 15.6 Å². The Hall–Kier alpha value is -1.84. The lowest BCUT2D eigenvalue weighted by molar-refractivity contribution is 0.276. The van der Waals surface area contributed by atoms with Crippen molar-refractivity contribution in [1.82, 2.24) is 0 Å². The van der Waals surface area contributed by atoms with Crippen LogP contribution in [0.1, 0.15) is 23.6 Å². The first kappa shape index (κ1) is 13.6. The van der Waals surface area contributed by atoms with Crippen LogP contribution in [0.2, 0.25) is 0 Å². The summed E-state index contributed by atoms with van der Waals surface area (Å²) in [5.41, 5.74) is 8.08. The van der Waals surface area contributed by atoms with Crippen molar-refractivity contribution in [3.63, 3.8) is 0 Å². The number of aliphatic hydroxyl groups excluding tert-OH is 1. The van der Waals surface area contributed by atoms with Crippen LogP contribution in [0.15, 0.2) is 54.6 Å². The van der Waals surface area contributed by atoms with Gasteiger partial charge in [0, 0.05) is 12.6 Å². The lowest BCUT2D eigenvalue weighted by Gasteiger charge is -2.11. The normalized spacial score (nSPS) is 12.1. The summed E-state index contributed by atoms with van der Waals surface area (Å²) in [5, 5.41) is 8.86. The van der Waals surface area contributed by atoms with Crippen LogP contribution in [-0.4, -0.2) is 11.7 Å². The van der Waals surface area contributed by atoms with E-state index >= 15 is 0 Å². The van der Waals surface area contributed by atoms with Gasteiger partial charge >= 0.3 is 0 Å².